The van der Waals surface area contributed by atoms with E-state index in [1.54, 1.807) is 24.3 Å². The topological polar surface area (TPSA) is 80.9 Å². The molecule has 6 nitrogen and oxygen atoms in total. The number of benzene rings is 1. The fraction of sp³-hybridized carbons (Fsp3) is 0.231. The normalized spacial score (nSPS) is 18.7. The van der Waals surface area contributed by atoms with Crippen LogP contribution >= 0.6 is 0 Å². The molecule has 1 aliphatic carbocycles. The van der Waals surface area contributed by atoms with Crippen LogP contribution in [0.2, 0.25) is 0 Å². The van der Waals surface area contributed by atoms with E-state index in [2.05, 4.69) is 15.6 Å². The van der Waals surface area contributed by atoms with Gasteiger partial charge in [0.2, 0.25) is 0 Å². The number of pyridine rings is 2. The Balaban J connectivity index is 1.51. The summed E-state index contributed by atoms with van der Waals surface area (Å²) >= 11 is 0. The van der Waals surface area contributed by atoms with Crippen molar-refractivity contribution in [3.05, 3.63) is 77.9 Å². The fourth-order valence-electron chi connectivity index (χ4n) is 5.18. The van der Waals surface area contributed by atoms with Gasteiger partial charge in [0.05, 0.1) is 22.6 Å². The minimum absolute atomic E-state index is 0.266. The van der Waals surface area contributed by atoms with Crippen molar-refractivity contribution >= 4 is 5.97 Å². The first-order valence-electron chi connectivity index (χ1n) is 10.9. The Hall–Kier alpha value is -3.80. The average Bonchev–Trinajstić information content (AvgIpc) is 3.52. The average molecular weight is 422 g/mol. The minimum atomic E-state index is -0.932. The lowest BCUT2D eigenvalue weighted by molar-refractivity contribution is 0.0697. The second-order valence-corrected chi connectivity index (χ2v) is 8.68. The molecule has 6 heteroatoms. The van der Waals surface area contributed by atoms with Gasteiger partial charge < -0.3 is 9.67 Å². The van der Waals surface area contributed by atoms with Crippen molar-refractivity contribution in [1.82, 2.24) is 19.5 Å². The Morgan fingerprint density at radius 1 is 1.00 bits per heavy atom. The highest BCUT2D eigenvalue weighted by Crippen LogP contribution is 2.52. The lowest BCUT2D eigenvalue weighted by atomic mass is 10.0. The van der Waals surface area contributed by atoms with Crippen LogP contribution in [-0.4, -0.2) is 30.6 Å². The van der Waals surface area contributed by atoms with Gasteiger partial charge in [0.1, 0.15) is 11.5 Å². The maximum atomic E-state index is 11.2. The minimum Gasteiger partial charge on any atom is -0.478 e. The van der Waals surface area contributed by atoms with Crippen LogP contribution in [0.15, 0.2) is 60.8 Å². The van der Waals surface area contributed by atoms with Crippen LogP contribution in [0.1, 0.15) is 53.1 Å². The summed E-state index contributed by atoms with van der Waals surface area (Å²) in [6.07, 6.45) is 5.39. The third-order valence-corrected chi connectivity index (χ3v) is 6.67. The molecule has 4 heterocycles. The van der Waals surface area contributed by atoms with Crippen molar-refractivity contribution in [3.63, 3.8) is 0 Å². The summed E-state index contributed by atoms with van der Waals surface area (Å²) < 4.78 is 2.43. The monoisotopic (exact) mass is 422 g/mol. The highest BCUT2D eigenvalue weighted by Gasteiger charge is 2.41. The highest BCUT2D eigenvalue weighted by molar-refractivity contribution is 5.88. The van der Waals surface area contributed by atoms with Crippen LogP contribution in [0, 0.1) is 6.92 Å². The lowest BCUT2D eigenvalue weighted by Crippen LogP contribution is -2.08. The van der Waals surface area contributed by atoms with Crippen LogP contribution < -0.4 is 0 Å². The number of imidazole rings is 1. The third kappa shape index (κ3) is 2.94. The summed E-state index contributed by atoms with van der Waals surface area (Å²) in [5, 5.41) is 9.18. The smallest absolute Gasteiger partial charge is 0.335 e. The van der Waals surface area contributed by atoms with E-state index in [0.29, 0.717) is 12.0 Å². The van der Waals surface area contributed by atoms with Crippen LogP contribution in [0.25, 0.3) is 33.9 Å². The zero-order valence-electron chi connectivity index (χ0n) is 17.7. The quantitative estimate of drug-likeness (QED) is 0.469. The number of aromatic nitrogens is 4. The fourth-order valence-corrected chi connectivity index (χ4v) is 5.18. The maximum absolute atomic E-state index is 11.2. The van der Waals surface area contributed by atoms with E-state index >= 15 is 0 Å². The van der Waals surface area contributed by atoms with Gasteiger partial charge in [0, 0.05) is 35.0 Å². The number of carbonyl (C=O) groups is 1. The maximum Gasteiger partial charge on any atom is 0.335 e. The molecule has 2 atom stereocenters. The number of hydrogen-bond donors (Lipinski definition) is 1. The molecule has 2 unspecified atom stereocenters. The molecule has 2 aliphatic rings. The summed E-state index contributed by atoms with van der Waals surface area (Å²) in [7, 11) is 0. The van der Waals surface area contributed by atoms with Crippen LogP contribution in [0.3, 0.4) is 0 Å². The van der Waals surface area contributed by atoms with E-state index in [9.17, 15) is 9.90 Å². The molecule has 1 saturated carbocycles. The van der Waals surface area contributed by atoms with Gasteiger partial charge in [0.15, 0.2) is 0 Å². The number of fused-ring (bicyclic) bond motifs is 5. The molecule has 2 bridgehead atoms. The van der Waals surface area contributed by atoms with E-state index in [-0.39, 0.29) is 5.56 Å². The number of carboxylic acids is 1. The largest absolute Gasteiger partial charge is 0.478 e. The molecule has 0 saturated heterocycles. The van der Waals surface area contributed by atoms with Crippen LogP contribution in [-0.2, 0) is 0 Å². The van der Waals surface area contributed by atoms with Crippen LogP contribution in [0.4, 0.5) is 0 Å². The lowest BCUT2D eigenvalue weighted by Gasteiger charge is -2.17. The van der Waals surface area contributed by atoms with E-state index in [0.717, 1.165) is 39.6 Å². The standard InChI is InChI=1S/C26H22N4O2/c1-15-3-2-4-21(28-15)23-24(30-20-10-9-19(13-20)25(30)29-23)18-11-12-27-22(14-18)16-5-7-17(8-6-16)26(31)32/h2-8,11-12,14,19-20H,9-10,13H2,1H3,(H,31,32). The number of aryl methyl sites for hydroxylation is 1. The van der Waals surface area contributed by atoms with Gasteiger partial charge in [-0.15, -0.1) is 0 Å². The Morgan fingerprint density at radius 2 is 1.84 bits per heavy atom. The Kier molecular flexibility index (Phi) is 4.21. The number of aromatic carboxylic acids is 1. The van der Waals surface area contributed by atoms with Gasteiger partial charge in [-0.1, -0.05) is 18.2 Å². The van der Waals surface area contributed by atoms with Gasteiger partial charge in [-0.2, -0.15) is 0 Å². The van der Waals surface area contributed by atoms with Gasteiger partial charge in [0.25, 0.3) is 0 Å². The van der Waals surface area contributed by atoms with E-state index in [1.807, 2.05) is 37.4 Å². The van der Waals surface area contributed by atoms with Gasteiger partial charge in [-0.05, 0) is 62.6 Å². The molecule has 0 radical (unpaired) electrons. The van der Waals surface area contributed by atoms with Gasteiger partial charge >= 0.3 is 5.97 Å². The SMILES string of the molecule is Cc1cccc(-c2nc3n(c2-c2ccnc(-c4ccc(C(=O)O)cc4)c2)C2CCC3C2)n1. The van der Waals surface area contributed by atoms with E-state index in [4.69, 9.17) is 9.97 Å². The first kappa shape index (κ1) is 18.9. The zero-order valence-corrected chi connectivity index (χ0v) is 17.7. The molecule has 1 aliphatic heterocycles. The van der Waals surface area contributed by atoms with Gasteiger partial charge in [-0.3, -0.25) is 9.97 Å². The second-order valence-electron chi connectivity index (χ2n) is 8.68. The molecule has 32 heavy (non-hydrogen) atoms. The molecular weight excluding hydrogens is 400 g/mol. The number of rotatable bonds is 4. The van der Waals surface area contributed by atoms with E-state index < -0.39 is 5.97 Å². The van der Waals surface area contributed by atoms with Crippen molar-refractivity contribution in [3.8, 4) is 33.9 Å². The molecule has 3 aromatic heterocycles. The number of carboxylic acid groups (broad SMARTS) is 1. The molecule has 6 rings (SSSR count). The van der Waals surface area contributed by atoms with Crippen molar-refractivity contribution in [2.24, 2.45) is 0 Å². The van der Waals surface area contributed by atoms with Gasteiger partial charge in [-0.25, -0.2) is 9.78 Å². The molecule has 1 aromatic carbocycles. The Bertz CT molecular complexity index is 1360. The molecule has 0 spiro atoms. The molecule has 1 N–H and O–H groups in total. The molecule has 0 amide bonds. The summed E-state index contributed by atoms with van der Waals surface area (Å²) in [5.74, 6) is 0.777. The first-order chi connectivity index (χ1) is 15.6. The van der Waals surface area contributed by atoms with Crippen molar-refractivity contribution in [2.45, 2.75) is 38.1 Å². The summed E-state index contributed by atoms with van der Waals surface area (Å²) in [5.41, 5.74) is 6.92. The molecule has 4 aromatic rings. The summed E-state index contributed by atoms with van der Waals surface area (Å²) in [4.78, 5) is 25.6. The predicted molar refractivity (Wildman–Crippen MR) is 121 cm³/mol. The van der Waals surface area contributed by atoms with Crippen molar-refractivity contribution < 1.29 is 9.90 Å². The van der Waals surface area contributed by atoms with Crippen LogP contribution in [0.5, 0.6) is 0 Å². The zero-order chi connectivity index (χ0) is 21.8. The highest BCUT2D eigenvalue weighted by atomic mass is 16.4. The third-order valence-electron chi connectivity index (χ3n) is 6.67. The molecule has 1 fully saturated rings. The number of hydrogen-bond acceptors (Lipinski definition) is 4. The van der Waals surface area contributed by atoms with Crippen molar-refractivity contribution in [2.75, 3.05) is 0 Å². The Morgan fingerprint density at radius 3 is 2.62 bits per heavy atom. The van der Waals surface area contributed by atoms with Crippen molar-refractivity contribution in [1.29, 1.82) is 0 Å². The Labute approximate surface area is 185 Å². The second kappa shape index (κ2) is 7.12. The van der Waals surface area contributed by atoms with E-state index in [1.165, 1.54) is 25.1 Å². The summed E-state index contributed by atoms with van der Waals surface area (Å²) in [6, 6.07) is 17.5. The summed E-state index contributed by atoms with van der Waals surface area (Å²) in [6.45, 7) is 2.00. The molecular formula is C26H22N4O2. The molecule has 158 valence electrons. The number of nitrogens with zero attached hydrogens (tertiary/aromatic N) is 4. The first-order valence-corrected chi connectivity index (χ1v) is 10.9. The predicted octanol–water partition coefficient (Wildman–Crippen LogP) is 5.50.